The molecule has 0 spiro atoms. The molecule has 1 aromatic rings. The van der Waals surface area contributed by atoms with E-state index in [9.17, 15) is 4.79 Å². The smallest absolute Gasteiger partial charge is 0.250 e. The summed E-state index contributed by atoms with van der Waals surface area (Å²) in [6, 6.07) is 5.24. The van der Waals surface area contributed by atoms with Crippen molar-refractivity contribution in [1.29, 1.82) is 0 Å². The van der Waals surface area contributed by atoms with Gasteiger partial charge in [-0.1, -0.05) is 6.07 Å². The Morgan fingerprint density at radius 2 is 2.11 bits per heavy atom. The van der Waals surface area contributed by atoms with E-state index < -0.39 is 5.91 Å². The van der Waals surface area contributed by atoms with Crippen molar-refractivity contribution in [3.05, 3.63) is 23.8 Å². The van der Waals surface area contributed by atoms with Gasteiger partial charge in [0.1, 0.15) is 0 Å². The van der Waals surface area contributed by atoms with E-state index in [-0.39, 0.29) is 0 Å². The first kappa shape index (κ1) is 14.3. The topological polar surface area (TPSA) is 90.4 Å². The van der Waals surface area contributed by atoms with Crippen molar-refractivity contribution in [2.75, 3.05) is 31.3 Å². The molecule has 0 unspecified atom stereocenters. The molecule has 5 heteroatoms. The molecular weight excluding hydrogens is 230 g/mol. The first-order valence-corrected chi connectivity index (χ1v) is 6.08. The molecule has 1 aromatic carbocycles. The lowest BCUT2D eigenvalue weighted by atomic mass is 10.1. The minimum atomic E-state index is -0.503. The van der Waals surface area contributed by atoms with Crippen LogP contribution < -0.4 is 16.8 Å². The molecule has 0 heterocycles. The number of nitrogens with one attached hydrogen (secondary N) is 1. The van der Waals surface area contributed by atoms with E-state index in [1.54, 1.807) is 19.2 Å². The summed E-state index contributed by atoms with van der Waals surface area (Å²) in [6.07, 6.45) is 3.18. The monoisotopic (exact) mass is 251 g/mol. The average Bonchev–Trinajstić information content (AvgIpc) is 2.35. The molecule has 0 saturated heterocycles. The van der Waals surface area contributed by atoms with E-state index in [1.807, 2.05) is 6.07 Å². The lowest BCUT2D eigenvalue weighted by Gasteiger charge is -2.11. The third kappa shape index (κ3) is 4.25. The second-order valence-electron chi connectivity index (χ2n) is 4.11. The van der Waals surface area contributed by atoms with Gasteiger partial charge in [-0.25, -0.2) is 0 Å². The molecule has 1 rings (SSSR count). The maximum Gasteiger partial charge on any atom is 0.250 e. The van der Waals surface area contributed by atoms with Crippen molar-refractivity contribution in [1.82, 2.24) is 0 Å². The van der Waals surface area contributed by atoms with Crippen LogP contribution in [0.1, 0.15) is 29.6 Å². The Morgan fingerprint density at radius 1 is 1.33 bits per heavy atom. The first-order chi connectivity index (χ1) is 8.66. The molecule has 0 aliphatic heterocycles. The highest BCUT2D eigenvalue weighted by Gasteiger charge is 2.08. The Morgan fingerprint density at radius 3 is 2.78 bits per heavy atom. The minimum absolute atomic E-state index is 0.361. The van der Waals surface area contributed by atoms with Crippen LogP contribution in [0.3, 0.4) is 0 Å². The molecule has 0 aliphatic rings. The molecule has 5 N–H and O–H groups in total. The summed E-state index contributed by atoms with van der Waals surface area (Å²) in [5, 5.41) is 3.21. The molecule has 0 fully saturated rings. The molecule has 0 saturated carbocycles. The van der Waals surface area contributed by atoms with Crippen LogP contribution >= 0.6 is 0 Å². The van der Waals surface area contributed by atoms with Gasteiger partial charge in [0, 0.05) is 20.3 Å². The molecule has 18 heavy (non-hydrogen) atoms. The first-order valence-electron chi connectivity index (χ1n) is 6.08. The summed E-state index contributed by atoms with van der Waals surface area (Å²) in [5.74, 6) is -0.503. The lowest BCUT2D eigenvalue weighted by molar-refractivity contribution is 0.100. The van der Waals surface area contributed by atoms with Gasteiger partial charge in [-0.2, -0.15) is 0 Å². The number of nitrogens with two attached hydrogens (primary N) is 2. The highest BCUT2D eigenvalue weighted by Crippen LogP contribution is 2.22. The fraction of sp³-hybridized carbons (Fsp3) is 0.462. The maximum absolute atomic E-state index is 11.1. The molecule has 1 amide bonds. The summed E-state index contributed by atoms with van der Waals surface area (Å²) in [7, 11) is 1.70. The quantitative estimate of drug-likeness (QED) is 0.483. The number of amides is 1. The van der Waals surface area contributed by atoms with Crippen LogP contribution in [0.5, 0.6) is 0 Å². The highest BCUT2D eigenvalue weighted by molar-refractivity contribution is 6.00. The van der Waals surface area contributed by atoms with Crippen molar-refractivity contribution in [3.8, 4) is 0 Å². The zero-order valence-electron chi connectivity index (χ0n) is 10.7. The minimum Gasteiger partial charge on any atom is -0.396 e. The number of carbonyl (C=O) groups excluding carboxylic acids is 1. The fourth-order valence-corrected chi connectivity index (χ4v) is 1.71. The van der Waals surface area contributed by atoms with Crippen LogP contribution in [0.4, 0.5) is 11.4 Å². The molecule has 5 nitrogen and oxygen atoms in total. The molecule has 0 radical (unpaired) electrons. The van der Waals surface area contributed by atoms with Gasteiger partial charge in [0.2, 0.25) is 0 Å². The van der Waals surface area contributed by atoms with Crippen molar-refractivity contribution in [2.45, 2.75) is 19.3 Å². The third-order valence-corrected chi connectivity index (χ3v) is 2.71. The van der Waals surface area contributed by atoms with Crippen LogP contribution in [0, 0.1) is 0 Å². The van der Waals surface area contributed by atoms with E-state index in [0.29, 0.717) is 11.3 Å². The SMILES string of the molecule is COCCCCCNc1cccc(C(N)=O)c1N. The van der Waals surface area contributed by atoms with Crippen LogP contribution in [-0.4, -0.2) is 26.2 Å². The number of carbonyl (C=O) groups is 1. The van der Waals surface area contributed by atoms with Crippen molar-refractivity contribution in [2.24, 2.45) is 5.73 Å². The number of ether oxygens (including phenoxy) is 1. The molecule has 0 bridgehead atoms. The second kappa shape index (κ2) is 7.55. The normalized spacial score (nSPS) is 10.3. The number of unbranched alkanes of at least 4 members (excludes halogenated alkanes) is 2. The largest absolute Gasteiger partial charge is 0.396 e. The van der Waals surface area contributed by atoms with Crippen molar-refractivity contribution >= 4 is 17.3 Å². The van der Waals surface area contributed by atoms with Gasteiger partial charge in [-0.3, -0.25) is 4.79 Å². The van der Waals surface area contributed by atoms with E-state index in [2.05, 4.69) is 5.32 Å². The Balaban J connectivity index is 2.43. The van der Waals surface area contributed by atoms with Crippen LogP contribution in [0.25, 0.3) is 0 Å². The predicted octanol–water partition coefficient (Wildman–Crippen LogP) is 1.60. The van der Waals surface area contributed by atoms with Gasteiger partial charge in [-0.05, 0) is 31.4 Å². The van der Waals surface area contributed by atoms with E-state index in [1.165, 1.54) is 0 Å². The molecular formula is C13H21N3O2. The number of nitrogen functional groups attached to an aromatic ring is 1. The van der Waals surface area contributed by atoms with Crippen LogP contribution in [0.15, 0.2) is 18.2 Å². The Labute approximate surface area is 107 Å². The van der Waals surface area contributed by atoms with E-state index in [0.717, 1.165) is 38.1 Å². The number of hydrogen-bond donors (Lipinski definition) is 3. The number of para-hydroxylation sites is 1. The number of rotatable bonds is 8. The Bertz CT molecular complexity index is 394. The second-order valence-corrected chi connectivity index (χ2v) is 4.11. The highest BCUT2D eigenvalue weighted by atomic mass is 16.5. The summed E-state index contributed by atoms with van der Waals surface area (Å²) in [4.78, 5) is 11.1. The number of anilines is 2. The summed E-state index contributed by atoms with van der Waals surface area (Å²) in [6.45, 7) is 1.61. The van der Waals surface area contributed by atoms with Gasteiger partial charge < -0.3 is 21.5 Å². The van der Waals surface area contributed by atoms with Crippen LogP contribution in [0.2, 0.25) is 0 Å². The predicted molar refractivity (Wildman–Crippen MR) is 73.6 cm³/mol. The van der Waals surface area contributed by atoms with Gasteiger partial charge in [-0.15, -0.1) is 0 Å². The van der Waals surface area contributed by atoms with Crippen LogP contribution in [-0.2, 0) is 4.74 Å². The van der Waals surface area contributed by atoms with E-state index in [4.69, 9.17) is 16.2 Å². The van der Waals surface area contributed by atoms with Crippen molar-refractivity contribution in [3.63, 3.8) is 0 Å². The molecule has 0 aliphatic carbocycles. The fourth-order valence-electron chi connectivity index (χ4n) is 1.71. The third-order valence-electron chi connectivity index (χ3n) is 2.71. The van der Waals surface area contributed by atoms with Gasteiger partial charge in [0.05, 0.1) is 16.9 Å². The Hall–Kier alpha value is -1.75. The summed E-state index contributed by atoms with van der Waals surface area (Å²) >= 11 is 0. The Kier molecular flexibility index (Phi) is 6.00. The average molecular weight is 251 g/mol. The molecule has 100 valence electrons. The zero-order valence-corrected chi connectivity index (χ0v) is 10.7. The van der Waals surface area contributed by atoms with E-state index >= 15 is 0 Å². The number of primary amides is 1. The van der Waals surface area contributed by atoms with Gasteiger partial charge in [0.25, 0.3) is 5.91 Å². The van der Waals surface area contributed by atoms with Gasteiger partial charge >= 0.3 is 0 Å². The van der Waals surface area contributed by atoms with Crippen molar-refractivity contribution < 1.29 is 9.53 Å². The maximum atomic E-state index is 11.1. The number of methoxy groups -OCH3 is 1. The molecule has 0 atom stereocenters. The lowest BCUT2D eigenvalue weighted by Crippen LogP contribution is -2.15. The summed E-state index contributed by atoms with van der Waals surface area (Å²) in [5.41, 5.74) is 12.6. The summed E-state index contributed by atoms with van der Waals surface area (Å²) < 4.78 is 4.98. The zero-order chi connectivity index (χ0) is 13.4. The standard InChI is InChI=1S/C13H21N3O2/c1-18-9-4-2-3-8-16-11-7-5-6-10(12(11)14)13(15)17/h5-7,16H,2-4,8-9,14H2,1H3,(H2,15,17). The van der Waals surface area contributed by atoms with Gasteiger partial charge in [0.15, 0.2) is 0 Å². The number of hydrogen-bond acceptors (Lipinski definition) is 4. The number of benzene rings is 1. The molecule has 0 aromatic heterocycles.